The molecular formula is C14H14N6O2. The molecule has 0 fully saturated rings. The molecule has 0 bridgehead atoms. The predicted octanol–water partition coefficient (Wildman–Crippen LogP) is 0.848. The molecule has 3 aromatic heterocycles. The van der Waals surface area contributed by atoms with Crippen LogP contribution >= 0.6 is 0 Å². The first-order valence-electron chi connectivity index (χ1n) is 6.79. The van der Waals surface area contributed by atoms with Crippen LogP contribution in [0.25, 0.3) is 5.65 Å². The van der Waals surface area contributed by atoms with E-state index < -0.39 is 0 Å². The van der Waals surface area contributed by atoms with Crippen LogP contribution in [0.15, 0.2) is 36.9 Å². The highest BCUT2D eigenvalue weighted by molar-refractivity contribution is 5.93. The number of pyridine rings is 1. The molecule has 8 heteroatoms. The van der Waals surface area contributed by atoms with Crippen LogP contribution in [0.4, 0.5) is 0 Å². The van der Waals surface area contributed by atoms with Crippen LogP contribution in [-0.4, -0.2) is 37.1 Å². The van der Waals surface area contributed by atoms with Crippen molar-refractivity contribution in [3.05, 3.63) is 48.3 Å². The summed E-state index contributed by atoms with van der Waals surface area (Å²) in [6, 6.07) is 3.29. The SMILES string of the molecule is CCOc1nccn2c(CNC(=O)c3ccncc3)nnc12. The molecule has 22 heavy (non-hydrogen) atoms. The summed E-state index contributed by atoms with van der Waals surface area (Å²) >= 11 is 0. The molecule has 0 aliphatic heterocycles. The third kappa shape index (κ3) is 2.71. The van der Waals surface area contributed by atoms with E-state index in [1.54, 1.807) is 41.3 Å². The normalized spacial score (nSPS) is 10.6. The average Bonchev–Trinajstić information content (AvgIpc) is 2.98. The van der Waals surface area contributed by atoms with Gasteiger partial charge in [0.2, 0.25) is 5.65 Å². The van der Waals surface area contributed by atoms with Gasteiger partial charge in [0.05, 0.1) is 13.2 Å². The summed E-state index contributed by atoms with van der Waals surface area (Å²) in [6.45, 7) is 2.61. The molecule has 0 aromatic carbocycles. The maximum absolute atomic E-state index is 12.0. The molecule has 0 spiro atoms. The Kier molecular flexibility index (Phi) is 3.90. The van der Waals surface area contributed by atoms with Crippen LogP contribution in [0.5, 0.6) is 5.88 Å². The Bertz CT molecular complexity index is 786. The Morgan fingerprint density at radius 1 is 1.27 bits per heavy atom. The maximum atomic E-state index is 12.0. The van der Waals surface area contributed by atoms with Gasteiger partial charge in [-0.05, 0) is 19.1 Å². The van der Waals surface area contributed by atoms with E-state index in [0.29, 0.717) is 29.5 Å². The first-order valence-corrected chi connectivity index (χ1v) is 6.79. The fourth-order valence-electron chi connectivity index (χ4n) is 1.98. The fraction of sp³-hybridized carbons (Fsp3) is 0.214. The summed E-state index contributed by atoms with van der Waals surface area (Å²) in [5.41, 5.74) is 1.07. The molecule has 0 saturated carbocycles. The van der Waals surface area contributed by atoms with Crippen molar-refractivity contribution in [2.75, 3.05) is 6.61 Å². The lowest BCUT2D eigenvalue weighted by Gasteiger charge is -2.05. The standard InChI is InChI=1S/C14H14N6O2/c1-2-22-14-12-19-18-11(20(12)8-7-16-14)9-17-13(21)10-3-5-15-6-4-10/h3-8H,2,9H2,1H3,(H,17,21). The van der Waals surface area contributed by atoms with Gasteiger partial charge in [-0.1, -0.05) is 0 Å². The van der Waals surface area contributed by atoms with E-state index in [4.69, 9.17) is 4.74 Å². The van der Waals surface area contributed by atoms with Crippen molar-refractivity contribution < 1.29 is 9.53 Å². The number of fused-ring (bicyclic) bond motifs is 1. The van der Waals surface area contributed by atoms with E-state index in [-0.39, 0.29) is 12.5 Å². The van der Waals surface area contributed by atoms with Crippen molar-refractivity contribution >= 4 is 11.6 Å². The van der Waals surface area contributed by atoms with Gasteiger partial charge in [0.25, 0.3) is 11.8 Å². The zero-order valence-corrected chi connectivity index (χ0v) is 11.9. The van der Waals surface area contributed by atoms with Crippen LogP contribution in [-0.2, 0) is 6.54 Å². The topological polar surface area (TPSA) is 94.3 Å². The monoisotopic (exact) mass is 298 g/mol. The van der Waals surface area contributed by atoms with Gasteiger partial charge in [-0.3, -0.25) is 14.2 Å². The number of nitrogens with one attached hydrogen (secondary N) is 1. The summed E-state index contributed by atoms with van der Waals surface area (Å²) in [6.07, 6.45) is 6.48. The minimum Gasteiger partial charge on any atom is -0.475 e. The number of hydrogen-bond donors (Lipinski definition) is 1. The molecule has 3 rings (SSSR count). The van der Waals surface area contributed by atoms with Gasteiger partial charge < -0.3 is 10.1 Å². The Morgan fingerprint density at radius 3 is 2.86 bits per heavy atom. The molecule has 1 amide bonds. The lowest BCUT2D eigenvalue weighted by Crippen LogP contribution is -2.24. The Balaban J connectivity index is 1.77. The zero-order chi connectivity index (χ0) is 15.4. The predicted molar refractivity (Wildman–Crippen MR) is 77.4 cm³/mol. The summed E-state index contributed by atoms with van der Waals surface area (Å²) in [4.78, 5) is 20.0. The number of rotatable bonds is 5. The molecule has 3 aromatic rings. The van der Waals surface area contributed by atoms with Crippen LogP contribution in [0.2, 0.25) is 0 Å². The van der Waals surface area contributed by atoms with Gasteiger partial charge in [0, 0.05) is 30.4 Å². The number of amides is 1. The number of hydrogen-bond acceptors (Lipinski definition) is 6. The number of nitrogens with zero attached hydrogens (tertiary/aromatic N) is 5. The van der Waals surface area contributed by atoms with E-state index in [1.807, 2.05) is 6.92 Å². The van der Waals surface area contributed by atoms with Gasteiger partial charge in [-0.2, -0.15) is 0 Å². The van der Waals surface area contributed by atoms with Gasteiger partial charge in [-0.25, -0.2) is 4.98 Å². The Labute approximate surface area is 126 Å². The largest absolute Gasteiger partial charge is 0.475 e. The lowest BCUT2D eigenvalue weighted by molar-refractivity contribution is 0.0949. The van der Waals surface area contributed by atoms with Crippen molar-refractivity contribution in [2.45, 2.75) is 13.5 Å². The van der Waals surface area contributed by atoms with Crippen LogP contribution in [0.1, 0.15) is 23.1 Å². The van der Waals surface area contributed by atoms with E-state index in [0.717, 1.165) is 0 Å². The minimum absolute atomic E-state index is 0.196. The molecular weight excluding hydrogens is 284 g/mol. The van der Waals surface area contributed by atoms with Crippen molar-refractivity contribution in [1.82, 2.24) is 29.9 Å². The minimum atomic E-state index is -0.196. The van der Waals surface area contributed by atoms with Crippen LogP contribution in [0, 0.1) is 0 Å². The highest BCUT2D eigenvalue weighted by Crippen LogP contribution is 2.14. The second-order valence-electron chi connectivity index (χ2n) is 4.39. The fourth-order valence-corrected chi connectivity index (χ4v) is 1.98. The van der Waals surface area contributed by atoms with E-state index in [1.165, 1.54) is 0 Å². The molecule has 0 radical (unpaired) electrons. The van der Waals surface area contributed by atoms with Crippen molar-refractivity contribution in [2.24, 2.45) is 0 Å². The van der Waals surface area contributed by atoms with Gasteiger partial charge in [0.15, 0.2) is 5.82 Å². The Hall–Kier alpha value is -3.03. The molecule has 0 aliphatic carbocycles. The van der Waals surface area contributed by atoms with Crippen molar-refractivity contribution in [3.63, 3.8) is 0 Å². The Morgan fingerprint density at radius 2 is 2.09 bits per heavy atom. The maximum Gasteiger partial charge on any atom is 0.260 e. The highest BCUT2D eigenvalue weighted by atomic mass is 16.5. The number of ether oxygens (including phenoxy) is 1. The summed E-state index contributed by atoms with van der Waals surface area (Å²) < 4.78 is 7.14. The first-order chi connectivity index (χ1) is 10.8. The van der Waals surface area contributed by atoms with Crippen LogP contribution in [0.3, 0.4) is 0 Å². The van der Waals surface area contributed by atoms with Crippen LogP contribution < -0.4 is 10.1 Å². The van der Waals surface area contributed by atoms with Gasteiger partial charge in [0.1, 0.15) is 0 Å². The molecule has 112 valence electrons. The quantitative estimate of drug-likeness (QED) is 0.750. The molecule has 1 N–H and O–H groups in total. The van der Waals surface area contributed by atoms with Crippen molar-refractivity contribution in [3.8, 4) is 5.88 Å². The number of aromatic nitrogens is 5. The van der Waals surface area contributed by atoms with Gasteiger partial charge >= 0.3 is 0 Å². The third-order valence-electron chi connectivity index (χ3n) is 3.00. The number of carbonyl (C=O) groups excluding carboxylic acids is 1. The second kappa shape index (κ2) is 6.17. The molecule has 0 unspecified atom stereocenters. The zero-order valence-electron chi connectivity index (χ0n) is 11.9. The first kappa shape index (κ1) is 13.9. The summed E-state index contributed by atoms with van der Waals surface area (Å²) in [5.74, 6) is 0.822. The van der Waals surface area contributed by atoms with E-state index in [2.05, 4.69) is 25.5 Å². The molecule has 0 saturated heterocycles. The van der Waals surface area contributed by atoms with Crippen molar-refractivity contribution in [1.29, 1.82) is 0 Å². The third-order valence-corrected chi connectivity index (χ3v) is 3.00. The molecule has 0 atom stereocenters. The highest BCUT2D eigenvalue weighted by Gasteiger charge is 2.12. The second-order valence-corrected chi connectivity index (χ2v) is 4.39. The molecule has 8 nitrogen and oxygen atoms in total. The molecule has 0 aliphatic rings. The smallest absolute Gasteiger partial charge is 0.260 e. The number of carbonyl (C=O) groups is 1. The van der Waals surface area contributed by atoms with Gasteiger partial charge in [-0.15, -0.1) is 10.2 Å². The lowest BCUT2D eigenvalue weighted by atomic mass is 10.2. The van der Waals surface area contributed by atoms with E-state index in [9.17, 15) is 4.79 Å². The molecule has 3 heterocycles. The summed E-state index contributed by atoms with van der Waals surface area (Å²) in [5, 5.41) is 10.9. The summed E-state index contributed by atoms with van der Waals surface area (Å²) in [7, 11) is 0. The average molecular weight is 298 g/mol. The van der Waals surface area contributed by atoms with E-state index >= 15 is 0 Å².